The van der Waals surface area contributed by atoms with Crippen LogP contribution in [0.1, 0.15) is 46.4 Å². The molecule has 0 spiro atoms. The van der Waals surface area contributed by atoms with E-state index in [0.29, 0.717) is 12.8 Å². The third kappa shape index (κ3) is 6.11. The number of Topliss-reactive ketones (excluding diaryl/α,β-unsaturated/α-hetero) is 2. The highest BCUT2D eigenvalue weighted by Gasteiger charge is 2.13. The van der Waals surface area contributed by atoms with Crippen molar-refractivity contribution in [3.8, 4) is 0 Å². The summed E-state index contributed by atoms with van der Waals surface area (Å²) in [6, 6.07) is 12.0. The van der Waals surface area contributed by atoms with Crippen LogP contribution in [0.5, 0.6) is 0 Å². The Balaban J connectivity index is 0.00000320. The lowest BCUT2D eigenvalue weighted by molar-refractivity contribution is 0.0969. The Kier molecular flexibility index (Phi) is 8.98. The van der Waals surface area contributed by atoms with Crippen molar-refractivity contribution in [2.45, 2.75) is 25.7 Å². The van der Waals surface area contributed by atoms with E-state index in [9.17, 15) is 9.59 Å². The lowest BCUT2D eigenvalue weighted by Gasteiger charge is -2.08. The summed E-state index contributed by atoms with van der Waals surface area (Å²) in [5.74, 6) is 0.369. The third-order valence-corrected chi connectivity index (χ3v) is 6.28. The number of rotatable bonds is 10. The summed E-state index contributed by atoms with van der Waals surface area (Å²) in [5, 5.41) is 2.15. The Morgan fingerprint density at radius 1 is 0.733 bits per heavy atom. The second kappa shape index (κ2) is 11.0. The molecule has 0 aliphatic carbocycles. The molecule has 0 saturated carbocycles. The van der Waals surface area contributed by atoms with Crippen LogP contribution in [0.4, 0.5) is 0 Å². The summed E-state index contributed by atoms with van der Waals surface area (Å²) in [6.45, 7) is 1.82. The van der Waals surface area contributed by atoms with Crippen molar-refractivity contribution in [3.63, 3.8) is 0 Å². The molecule has 30 heavy (non-hydrogen) atoms. The maximum Gasteiger partial charge on any atom is 0.162 e. The molecule has 0 atom stereocenters. The Morgan fingerprint density at radius 3 is 1.50 bits per heavy atom. The van der Waals surface area contributed by atoms with Gasteiger partial charge in [-0.05, 0) is 90.5 Å². The first-order chi connectivity index (χ1) is 13.8. The summed E-state index contributed by atoms with van der Waals surface area (Å²) in [4.78, 5) is 29.4. The van der Waals surface area contributed by atoms with Crippen molar-refractivity contribution >= 4 is 55.5 Å². The van der Waals surface area contributed by atoms with Gasteiger partial charge in [-0.15, -0.1) is 23.7 Å². The normalized spacial score (nSPS) is 11.4. The minimum atomic E-state index is 0. The predicted octanol–water partition coefficient (Wildman–Crippen LogP) is 5.53. The zero-order valence-corrected chi connectivity index (χ0v) is 19.9. The van der Waals surface area contributed by atoms with E-state index in [2.05, 4.69) is 9.80 Å². The highest BCUT2D eigenvalue weighted by Crippen LogP contribution is 2.35. The molecule has 1 heterocycles. The van der Waals surface area contributed by atoms with Crippen LogP contribution in [-0.2, 0) is 0 Å². The van der Waals surface area contributed by atoms with Crippen molar-refractivity contribution in [1.29, 1.82) is 0 Å². The van der Waals surface area contributed by atoms with Gasteiger partial charge in [0, 0.05) is 44.1 Å². The van der Waals surface area contributed by atoms with Crippen LogP contribution in [0.2, 0.25) is 0 Å². The Labute approximate surface area is 189 Å². The van der Waals surface area contributed by atoms with Gasteiger partial charge in [-0.3, -0.25) is 9.59 Å². The van der Waals surface area contributed by atoms with Gasteiger partial charge in [0.1, 0.15) is 0 Å². The van der Waals surface area contributed by atoms with E-state index < -0.39 is 0 Å². The first-order valence-electron chi connectivity index (χ1n) is 10.2. The smallest absolute Gasteiger partial charge is 0.162 e. The van der Waals surface area contributed by atoms with Gasteiger partial charge in [0.05, 0.1) is 0 Å². The topological polar surface area (TPSA) is 40.6 Å². The molecule has 4 nitrogen and oxygen atoms in total. The van der Waals surface area contributed by atoms with E-state index >= 15 is 0 Å². The van der Waals surface area contributed by atoms with Gasteiger partial charge < -0.3 is 9.80 Å². The largest absolute Gasteiger partial charge is 0.309 e. The van der Waals surface area contributed by atoms with E-state index in [1.165, 1.54) is 0 Å². The van der Waals surface area contributed by atoms with Gasteiger partial charge in [0.25, 0.3) is 0 Å². The van der Waals surface area contributed by atoms with Gasteiger partial charge in [0.15, 0.2) is 11.6 Å². The number of ketones is 2. The number of nitrogens with zero attached hydrogens (tertiary/aromatic N) is 2. The van der Waals surface area contributed by atoms with E-state index in [4.69, 9.17) is 0 Å². The fraction of sp³-hybridized carbons (Fsp3) is 0.417. The molecule has 0 aliphatic rings. The van der Waals surface area contributed by atoms with E-state index in [1.54, 1.807) is 11.3 Å². The summed E-state index contributed by atoms with van der Waals surface area (Å²) in [5.41, 5.74) is 1.53. The van der Waals surface area contributed by atoms with Crippen LogP contribution in [0.15, 0.2) is 36.4 Å². The molecule has 0 aliphatic heterocycles. The molecule has 0 radical (unpaired) electrons. The van der Waals surface area contributed by atoms with Crippen LogP contribution in [0.25, 0.3) is 20.2 Å². The number of carbonyl (C=O) groups is 2. The number of benzene rings is 2. The molecule has 3 aromatic rings. The monoisotopic (exact) mass is 446 g/mol. The van der Waals surface area contributed by atoms with Crippen LogP contribution < -0.4 is 0 Å². The van der Waals surface area contributed by atoms with Gasteiger partial charge in [-0.25, -0.2) is 0 Å². The first-order valence-corrected chi connectivity index (χ1v) is 11.0. The quantitative estimate of drug-likeness (QED) is 0.384. The third-order valence-electron chi connectivity index (χ3n) is 5.13. The molecule has 0 fully saturated rings. The van der Waals surface area contributed by atoms with Crippen LogP contribution >= 0.6 is 23.7 Å². The minimum absolute atomic E-state index is 0. The van der Waals surface area contributed by atoms with E-state index in [1.807, 2.05) is 64.6 Å². The van der Waals surface area contributed by atoms with Crippen LogP contribution in [0.3, 0.4) is 0 Å². The van der Waals surface area contributed by atoms with Gasteiger partial charge in [-0.1, -0.05) is 0 Å². The predicted molar refractivity (Wildman–Crippen MR) is 131 cm³/mol. The summed E-state index contributed by atoms with van der Waals surface area (Å²) < 4.78 is 2.31. The summed E-state index contributed by atoms with van der Waals surface area (Å²) in [6.07, 6.45) is 2.84. The number of hydrogen-bond acceptors (Lipinski definition) is 5. The second-order valence-electron chi connectivity index (χ2n) is 8.18. The number of hydrogen-bond donors (Lipinski definition) is 0. The second-order valence-corrected chi connectivity index (χ2v) is 9.27. The number of halogens is 1. The lowest BCUT2D eigenvalue weighted by Crippen LogP contribution is -2.14. The molecule has 3 rings (SSSR count). The highest BCUT2D eigenvalue weighted by atomic mass is 35.5. The molecule has 6 heteroatoms. The molecule has 0 saturated heterocycles. The zero-order chi connectivity index (χ0) is 21.0. The lowest BCUT2D eigenvalue weighted by atomic mass is 10.0. The van der Waals surface area contributed by atoms with Crippen molar-refractivity contribution in [2.24, 2.45) is 0 Å². The average molecular weight is 447 g/mol. The SMILES string of the molecule is CN(C)CCCC(=O)c1ccc2sc3ccc(C(=O)CCCN(C)C)cc3c2c1.Cl. The molecule has 0 N–H and O–H groups in total. The molecule has 0 unspecified atom stereocenters. The van der Waals surface area contributed by atoms with Crippen LogP contribution in [0, 0.1) is 0 Å². The fourth-order valence-electron chi connectivity index (χ4n) is 3.52. The Hall–Kier alpha value is -1.79. The maximum atomic E-state index is 12.6. The Morgan fingerprint density at radius 2 is 1.13 bits per heavy atom. The summed E-state index contributed by atoms with van der Waals surface area (Å²) >= 11 is 1.71. The molecule has 2 aromatic carbocycles. The zero-order valence-electron chi connectivity index (χ0n) is 18.2. The number of carbonyl (C=O) groups excluding carboxylic acids is 2. The Bertz CT molecular complexity index is 946. The standard InChI is InChI=1S/C24H30N2O2S.ClH/c1-25(2)13-5-7-21(27)17-9-11-23-19(15-17)20-16-18(10-12-24(20)29-23)22(28)8-6-14-26(3)4;/h9-12,15-16H,5-8,13-14H2,1-4H3;1H. The van der Waals surface area contributed by atoms with Crippen molar-refractivity contribution in [1.82, 2.24) is 9.80 Å². The first kappa shape index (κ1) is 24.5. The molecule has 162 valence electrons. The van der Waals surface area contributed by atoms with Crippen LogP contribution in [-0.4, -0.2) is 62.6 Å². The molecule has 1 aromatic heterocycles. The number of fused-ring (bicyclic) bond motifs is 3. The van der Waals surface area contributed by atoms with Crippen molar-refractivity contribution in [3.05, 3.63) is 47.5 Å². The van der Waals surface area contributed by atoms with Gasteiger partial charge in [0.2, 0.25) is 0 Å². The molecular formula is C24H31ClN2O2S. The molecule has 0 amide bonds. The highest BCUT2D eigenvalue weighted by molar-refractivity contribution is 7.25. The van der Waals surface area contributed by atoms with Crippen molar-refractivity contribution in [2.75, 3.05) is 41.3 Å². The minimum Gasteiger partial charge on any atom is -0.309 e. The average Bonchev–Trinajstić information content (AvgIpc) is 3.04. The molecule has 0 bridgehead atoms. The molecular weight excluding hydrogens is 416 g/mol. The van der Waals surface area contributed by atoms with E-state index in [-0.39, 0.29) is 24.0 Å². The van der Waals surface area contributed by atoms with Gasteiger partial charge >= 0.3 is 0 Å². The summed E-state index contributed by atoms with van der Waals surface area (Å²) in [7, 11) is 8.08. The maximum absolute atomic E-state index is 12.6. The number of thiophene rings is 1. The van der Waals surface area contributed by atoms with E-state index in [0.717, 1.165) is 57.2 Å². The van der Waals surface area contributed by atoms with Crippen molar-refractivity contribution < 1.29 is 9.59 Å². The fourth-order valence-corrected chi connectivity index (χ4v) is 4.59. The van der Waals surface area contributed by atoms with Gasteiger partial charge in [-0.2, -0.15) is 0 Å².